The van der Waals surface area contributed by atoms with E-state index in [2.05, 4.69) is 0 Å². The molecule has 1 atom stereocenters. The molecule has 1 aromatic carbocycles. The van der Waals surface area contributed by atoms with Crippen LogP contribution in [0.15, 0.2) is 24.3 Å². The van der Waals surface area contributed by atoms with E-state index in [9.17, 15) is 19.1 Å². The van der Waals surface area contributed by atoms with E-state index >= 15 is 0 Å². The van der Waals surface area contributed by atoms with Crippen molar-refractivity contribution in [3.05, 3.63) is 35.6 Å². The Morgan fingerprint density at radius 2 is 2.17 bits per heavy atom. The molecule has 0 saturated carbocycles. The summed E-state index contributed by atoms with van der Waals surface area (Å²) in [5.74, 6) is -0.833. The van der Waals surface area contributed by atoms with Gasteiger partial charge in [0.1, 0.15) is 12.4 Å². The summed E-state index contributed by atoms with van der Waals surface area (Å²) in [6.07, 6.45) is -1.08. The molecule has 18 heavy (non-hydrogen) atoms. The van der Waals surface area contributed by atoms with Crippen molar-refractivity contribution in [2.45, 2.75) is 6.10 Å². The molecule has 96 valence electrons. The lowest BCUT2D eigenvalue weighted by Crippen LogP contribution is -2.35. The first-order chi connectivity index (χ1) is 8.49. The molecule has 1 saturated heterocycles. The van der Waals surface area contributed by atoms with Gasteiger partial charge < -0.3 is 10.0 Å². The summed E-state index contributed by atoms with van der Waals surface area (Å²) >= 11 is 0. The van der Waals surface area contributed by atoms with Gasteiger partial charge in [-0.1, -0.05) is 12.1 Å². The minimum Gasteiger partial charge on any atom is -0.387 e. The van der Waals surface area contributed by atoms with Gasteiger partial charge in [-0.3, -0.25) is 9.69 Å². The number of aliphatic hydroxyl groups excluding tert-OH is 1. The van der Waals surface area contributed by atoms with Crippen LogP contribution in [0.5, 0.6) is 0 Å². The molecule has 6 heteroatoms. The number of carbonyl (C=O) groups excluding carboxylic acids is 2. The third-order valence-electron chi connectivity index (χ3n) is 2.82. The first-order valence-corrected chi connectivity index (χ1v) is 5.48. The summed E-state index contributed by atoms with van der Waals surface area (Å²) in [5.41, 5.74) is 0.338. The van der Waals surface area contributed by atoms with Crippen LogP contribution in [0, 0.1) is 5.82 Å². The van der Waals surface area contributed by atoms with Crippen molar-refractivity contribution < 1.29 is 19.1 Å². The number of imide groups is 1. The Balaban J connectivity index is 2.10. The monoisotopic (exact) mass is 252 g/mol. The molecule has 1 heterocycles. The number of urea groups is 1. The lowest BCUT2D eigenvalue weighted by molar-refractivity contribution is -0.126. The Labute approximate surface area is 103 Å². The predicted octanol–water partition coefficient (Wildman–Crippen LogP) is 0.753. The Kier molecular flexibility index (Phi) is 3.29. The normalized spacial score (nSPS) is 17.5. The van der Waals surface area contributed by atoms with Crippen LogP contribution >= 0.6 is 0 Å². The highest BCUT2D eigenvalue weighted by Gasteiger charge is 2.34. The number of rotatable bonds is 3. The summed E-state index contributed by atoms with van der Waals surface area (Å²) in [7, 11) is 1.51. The smallest absolute Gasteiger partial charge is 0.327 e. The minimum atomic E-state index is -1.08. The highest BCUT2D eigenvalue weighted by Crippen LogP contribution is 2.18. The topological polar surface area (TPSA) is 60.9 Å². The van der Waals surface area contributed by atoms with Crippen LogP contribution in [0.25, 0.3) is 0 Å². The maximum absolute atomic E-state index is 13.0. The van der Waals surface area contributed by atoms with E-state index in [-0.39, 0.29) is 19.0 Å². The Bertz CT molecular complexity index is 492. The van der Waals surface area contributed by atoms with Gasteiger partial charge in [-0.05, 0) is 17.7 Å². The molecule has 0 radical (unpaired) electrons. The fourth-order valence-corrected chi connectivity index (χ4v) is 1.84. The highest BCUT2D eigenvalue weighted by molar-refractivity contribution is 6.01. The van der Waals surface area contributed by atoms with Gasteiger partial charge >= 0.3 is 6.03 Å². The first-order valence-electron chi connectivity index (χ1n) is 5.48. The predicted molar refractivity (Wildman–Crippen MR) is 61.1 cm³/mol. The summed E-state index contributed by atoms with van der Waals surface area (Å²) in [6.45, 7) is -0.153. The quantitative estimate of drug-likeness (QED) is 0.808. The fraction of sp³-hybridized carbons (Fsp3) is 0.333. The Hall–Kier alpha value is -1.95. The van der Waals surface area contributed by atoms with E-state index < -0.39 is 18.0 Å². The molecule has 1 fully saturated rings. The number of likely N-dealkylation sites (N-methyl/N-ethyl adjacent to an activating group) is 1. The molecule has 0 aliphatic carbocycles. The van der Waals surface area contributed by atoms with Crippen LogP contribution in [0.4, 0.5) is 9.18 Å². The second kappa shape index (κ2) is 4.73. The standard InChI is InChI=1S/C12H13FN2O3/c1-14-7-11(17)15(12(14)18)6-10(16)8-3-2-4-9(13)5-8/h2-5,10,16H,6-7H2,1H3/t10-/m1/s1. The number of nitrogens with zero attached hydrogens (tertiary/aromatic N) is 2. The lowest BCUT2D eigenvalue weighted by atomic mass is 10.1. The van der Waals surface area contributed by atoms with Crippen LogP contribution in [0.2, 0.25) is 0 Å². The Morgan fingerprint density at radius 1 is 1.44 bits per heavy atom. The van der Waals surface area contributed by atoms with Gasteiger partial charge in [-0.15, -0.1) is 0 Å². The first kappa shape index (κ1) is 12.5. The van der Waals surface area contributed by atoms with Gasteiger partial charge in [-0.25, -0.2) is 9.18 Å². The summed E-state index contributed by atoms with van der Waals surface area (Å²) in [6, 6.07) is 5.00. The zero-order chi connectivity index (χ0) is 13.3. The van der Waals surface area contributed by atoms with E-state index in [4.69, 9.17) is 0 Å². The summed E-state index contributed by atoms with van der Waals surface area (Å²) in [4.78, 5) is 25.3. The van der Waals surface area contributed by atoms with Gasteiger partial charge in [0, 0.05) is 7.05 Å². The lowest BCUT2D eigenvalue weighted by Gasteiger charge is -2.18. The maximum Gasteiger partial charge on any atom is 0.327 e. The zero-order valence-electron chi connectivity index (χ0n) is 9.84. The molecule has 1 aliphatic heterocycles. The second-order valence-corrected chi connectivity index (χ2v) is 4.21. The Morgan fingerprint density at radius 3 is 2.72 bits per heavy atom. The van der Waals surface area contributed by atoms with Gasteiger partial charge in [0.05, 0.1) is 12.6 Å². The minimum absolute atomic E-state index is 0.00864. The number of carbonyl (C=O) groups is 2. The molecule has 0 unspecified atom stereocenters. The third-order valence-corrected chi connectivity index (χ3v) is 2.82. The molecule has 2 rings (SSSR count). The van der Waals surface area contributed by atoms with Crippen LogP contribution in [0.1, 0.15) is 11.7 Å². The fourth-order valence-electron chi connectivity index (χ4n) is 1.84. The van der Waals surface area contributed by atoms with Crippen LogP contribution in [-0.4, -0.2) is 47.0 Å². The SMILES string of the molecule is CN1CC(=O)N(C[C@@H](O)c2cccc(F)c2)C1=O. The van der Waals surface area contributed by atoms with Crippen LogP contribution in [-0.2, 0) is 4.79 Å². The number of amides is 3. The van der Waals surface area contributed by atoms with E-state index in [1.54, 1.807) is 6.07 Å². The molecule has 0 spiro atoms. The van der Waals surface area contributed by atoms with Crippen molar-refractivity contribution in [1.29, 1.82) is 0 Å². The largest absolute Gasteiger partial charge is 0.387 e. The van der Waals surface area contributed by atoms with Crippen LogP contribution < -0.4 is 0 Å². The average molecular weight is 252 g/mol. The van der Waals surface area contributed by atoms with Gasteiger partial charge in [-0.2, -0.15) is 0 Å². The van der Waals surface area contributed by atoms with Crippen molar-refractivity contribution in [2.75, 3.05) is 20.1 Å². The third kappa shape index (κ3) is 2.33. The van der Waals surface area contributed by atoms with Gasteiger partial charge in [0.25, 0.3) is 0 Å². The van der Waals surface area contributed by atoms with Crippen molar-refractivity contribution in [3.63, 3.8) is 0 Å². The van der Waals surface area contributed by atoms with Crippen molar-refractivity contribution in [2.24, 2.45) is 0 Å². The van der Waals surface area contributed by atoms with E-state index in [1.807, 2.05) is 0 Å². The molecule has 0 bridgehead atoms. The summed E-state index contributed by atoms with van der Waals surface area (Å²) < 4.78 is 13.0. The average Bonchev–Trinajstić information content (AvgIpc) is 2.56. The van der Waals surface area contributed by atoms with Crippen LogP contribution in [0.3, 0.4) is 0 Å². The van der Waals surface area contributed by atoms with E-state index in [0.717, 1.165) is 4.90 Å². The van der Waals surface area contributed by atoms with Crippen molar-refractivity contribution in [3.8, 4) is 0 Å². The number of benzene rings is 1. The van der Waals surface area contributed by atoms with Crippen molar-refractivity contribution in [1.82, 2.24) is 9.80 Å². The zero-order valence-corrected chi connectivity index (χ0v) is 9.84. The number of β-amino-alcohol motifs (C(OH)–C–C–N with tert-alkyl or cyclic N) is 1. The molecule has 5 nitrogen and oxygen atoms in total. The van der Waals surface area contributed by atoms with Crippen molar-refractivity contribution >= 4 is 11.9 Å². The summed E-state index contributed by atoms with van der Waals surface area (Å²) in [5, 5.41) is 9.90. The molecule has 1 aliphatic rings. The maximum atomic E-state index is 13.0. The number of halogens is 1. The van der Waals surface area contributed by atoms with E-state index in [1.165, 1.54) is 30.1 Å². The van der Waals surface area contributed by atoms with Gasteiger partial charge in [0.2, 0.25) is 5.91 Å². The second-order valence-electron chi connectivity index (χ2n) is 4.21. The molecular formula is C12H13FN2O3. The number of aliphatic hydroxyl groups is 1. The van der Waals surface area contributed by atoms with E-state index in [0.29, 0.717) is 5.56 Å². The molecule has 3 amide bonds. The number of hydrogen-bond donors (Lipinski definition) is 1. The molecular weight excluding hydrogens is 239 g/mol. The van der Waals surface area contributed by atoms with Gasteiger partial charge in [0.15, 0.2) is 0 Å². The molecule has 1 aromatic rings. The highest BCUT2D eigenvalue weighted by atomic mass is 19.1. The number of hydrogen-bond acceptors (Lipinski definition) is 3. The molecule has 0 aromatic heterocycles. The molecule has 1 N–H and O–H groups in total.